The fourth-order valence-electron chi connectivity index (χ4n) is 3.86. The number of aromatic amines is 1. The molecule has 0 bridgehead atoms. The summed E-state index contributed by atoms with van der Waals surface area (Å²) in [6.45, 7) is 1.64. The number of fused-ring (bicyclic) bond motifs is 1. The van der Waals surface area contributed by atoms with Crippen LogP contribution < -0.4 is 10.9 Å². The molecular formula is C20H21Cl2N3O3. The maximum absolute atomic E-state index is 13.2. The van der Waals surface area contributed by atoms with Crippen LogP contribution in [0, 0.1) is 0 Å². The van der Waals surface area contributed by atoms with E-state index in [0.717, 1.165) is 12.0 Å². The number of halogens is 2. The van der Waals surface area contributed by atoms with E-state index in [1.165, 1.54) is 6.07 Å². The first-order valence-electron chi connectivity index (χ1n) is 9.12. The Morgan fingerprint density at radius 1 is 1.18 bits per heavy atom. The van der Waals surface area contributed by atoms with Crippen LogP contribution >= 0.6 is 24.0 Å². The monoisotopic (exact) mass is 421 g/mol. The molecular weight excluding hydrogens is 401 g/mol. The Morgan fingerprint density at radius 3 is 2.75 bits per heavy atom. The summed E-state index contributed by atoms with van der Waals surface area (Å²) in [5.41, 5.74) is 1.52. The molecule has 4 rings (SSSR count). The molecule has 1 aromatic carbocycles. The average molecular weight is 422 g/mol. The number of benzene rings is 1. The largest absolute Gasteiger partial charge is 0.329 e. The van der Waals surface area contributed by atoms with Gasteiger partial charge in [0, 0.05) is 42.3 Å². The lowest BCUT2D eigenvalue weighted by molar-refractivity contribution is 0.0632. The maximum Gasteiger partial charge on any atom is 0.261 e. The van der Waals surface area contributed by atoms with E-state index in [-0.39, 0.29) is 35.7 Å². The molecule has 2 aromatic rings. The van der Waals surface area contributed by atoms with Gasteiger partial charge in [-0.05, 0) is 30.5 Å². The van der Waals surface area contributed by atoms with Crippen LogP contribution in [0.1, 0.15) is 50.9 Å². The van der Waals surface area contributed by atoms with E-state index in [0.29, 0.717) is 48.8 Å². The minimum atomic E-state index is -0.440. The summed E-state index contributed by atoms with van der Waals surface area (Å²) in [6.07, 6.45) is 1.82. The number of H-pyrrole nitrogens is 1. The smallest absolute Gasteiger partial charge is 0.261 e. The number of nitrogens with one attached hydrogen (secondary N) is 2. The molecule has 2 N–H and O–H groups in total. The van der Waals surface area contributed by atoms with Gasteiger partial charge in [0.15, 0.2) is 5.78 Å². The number of piperazine rings is 1. The molecule has 0 spiro atoms. The predicted molar refractivity (Wildman–Crippen MR) is 110 cm³/mol. The summed E-state index contributed by atoms with van der Waals surface area (Å²) in [5.74, 6) is -0.395. The van der Waals surface area contributed by atoms with Gasteiger partial charge in [0.25, 0.3) is 11.5 Å². The van der Waals surface area contributed by atoms with Crippen LogP contribution in [-0.4, -0.2) is 41.2 Å². The van der Waals surface area contributed by atoms with Gasteiger partial charge >= 0.3 is 0 Å². The van der Waals surface area contributed by atoms with Crippen molar-refractivity contribution in [2.45, 2.75) is 25.3 Å². The molecule has 28 heavy (non-hydrogen) atoms. The highest BCUT2D eigenvalue weighted by Gasteiger charge is 2.32. The summed E-state index contributed by atoms with van der Waals surface area (Å²) in [6, 6.07) is 8.60. The zero-order valence-corrected chi connectivity index (χ0v) is 16.7. The number of hydrogen-bond donors (Lipinski definition) is 2. The molecule has 148 valence electrons. The van der Waals surface area contributed by atoms with Gasteiger partial charge in [-0.3, -0.25) is 14.4 Å². The highest BCUT2D eigenvalue weighted by atomic mass is 35.5. The van der Waals surface area contributed by atoms with Crippen LogP contribution in [0.2, 0.25) is 5.02 Å². The second-order valence-electron chi connectivity index (χ2n) is 6.92. The van der Waals surface area contributed by atoms with Crippen molar-refractivity contribution in [1.29, 1.82) is 0 Å². The molecule has 1 aliphatic carbocycles. The summed E-state index contributed by atoms with van der Waals surface area (Å²) >= 11 is 6.34. The van der Waals surface area contributed by atoms with Crippen LogP contribution in [0.25, 0.3) is 0 Å². The van der Waals surface area contributed by atoms with E-state index >= 15 is 0 Å². The van der Waals surface area contributed by atoms with E-state index in [4.69, 9.17) is 11.6 Å². The van der Waals surface area contributed by atoms with Crippen LogP contribution in [0.5, 0.6) is 0 Å². The van der Waals surface area contributed by atoms with Crippen LogP contribution in [0.4, 0.5) is 0 Å². The Kier molecular flexibility index (Phi) is 6.23. The number of nitrogens with zero attached hydrogens (tertiary/aromatic N) is 1. The Bertz CT molecular complexity index is 973. The number of pyridine rings is 1. The summed E-state index contributed by atoms with van der Waals surface area (Å²) in [4.78, 5) is 42.4. The van der Waals surface area contributed by atoms with Gasteiger partial charge < -0.3 is 15.2 Å². The third-order valence-corrected chi connectivity index (χ3v) is 5.60. The van der Waals surface area contributed by atoms with E-state index in [9.17, 15) is 14.4 Å². The molecule has 0 radical (unpaired) electrons. The molecule has 1 aliphatic heterocycles. The highest BCUT2D eigenvalue weighted by Crippen LogP contribution is 2.29. The van der Waals surface area contributed by atoms with E-state index < -0.39 is 5.56 Å². The number of hydrogen-bond acceptors (Lipinski definition) is 4. The second-order valence-corrected chi connectivity index (χ2v) is 7.33. The molecule has 8 heteroatoms. The third-order valence-electron chi connectivity index (χ3n) is 5.25. The lowest BCUT2D eigenvalue weighted by Gasteiger charge is -2.37. The van der Waals surface area contributed by atoms with Crippen LogP contribution in [0.15, 0.2) is 35.1 Å². The van der Waals surface area contributed by atoms with Crippen molar-refractivity contribution in [2.75, 3.05) is 19.6 Å². The van der Waals surface area contributed by atoms with Gasteiger partial charge in [0.2, 0.25) is 0 Å². The number of carbonyl (C=O) groups is 2. The standard InChI is InChI=1S/C20H20ClN3O3.ClH/c21-15-5-2-1-4-12(15)17-11-22-8-9-24(17)20(27)14-10-13-16(23-19(14)26)6-3-7-18(13)25;/h1-2,4-5,10,17,22H,3,6-9,11H2,(H,23,26);1H. The number of Topliss-reactive ketones (excluding diaryl/α,β-unsaturated/α-hetero) is 1. The minimum absolute atomic E-state index is 0. The molecule has 6 nitrogen and oxygen atoms in total. The Morgan fingerprint density at radius 2 is 1.96 bits per heavy atom. The average Bonchev–Trinajstić information content (AvgIpc) is 2.68. The van der Waals surface area contributed by atoms with Gasteiger partial charge in [0.05, 0.1) is 6.04 Å². The fourth-order valence-corrected chi connectivity index (χ4v) is 4.12. The summed E-state index contributed by atoms with van der Waals surface area (Å²) < 4.78 is 0. The van der Waals surface area contributed by atoms with Crippen molar-refractivity contribution in [3.8, 4) is 0 Å². The third kappa shape index (κ3) is 3.72. The molecule has 1 atom stereocenters. The molecule has 1 unspecified atom stereocenters. The van der Waals surface area contributed by atoms with E-state index in [1.807, 2.05) is 18.2 Å². The SMILES string of the molecule is Cl.O=C1CCCc2[nH]c(=O)c(C(=O)N3CCNCC3c3ccccc3Cl)cc21. The molecule has 0 saturated carbocycles. The first-order chi connectivity index (χ1) is 13.1. The zero-order valence-electron chi connectivity index (χ0n) is 15.2. The number of aromatic nitrogens is 1. The van der Waals surface area contributed by atoms with Crippen LogP contribution in [-0.2, 0) is 6.42 Å². The highest BCUT2D eigenvalue weighted by molar-refractivity contribution is 6.31. The van der Waals surface area contributed by atoms with Gasteiger partial charge in [0.1, 0.15) is 5.56 Å². The van der Waals surface area contributed by atoms with Crippen LogP contribution in [0.3, 0.4) is 0 Å². The number of ketones is 1. The first kappa shape index (κ1) is 20.6. The second kappa shape index (κ2) is 8.47. The molecule has 2 aliphatic rings. The maximum atomic E-state index is 13.2. The lowest BCUT2D eigenvalue weighted by Crippen LogP contribution is -2.49. The Balaban J connectivity index is 0.00000225. The van der Waals surface area contributed by atoms with E-state index in [1.54, 1.807) is 11.0 Å². The quantitative estimate of drug-likeness (QED) is 0.780. The summed E-state index contributed by atoms with van der Waals surface area (Å²) in [7, 11) is 0. The van der Waals surface area contributed by atoms with Gasteiger partial charge in [-0.2, -0.15) is 0 Å². The lowest BCUT2D eigenvalue weighted by atomic mass is 9.93. The van der Waals surface area contributed by atoms with Gasteiger partial charge in [-0.1, -0.05) is 29.8 Å². The Hall–Kier alpha value is -2.15. The van der Waals surface area contributed by atoms with Gasteiger partial charge in [-0.15, -0.1) is 12.4 Å². The normalized spacial score (nSPS) is 19.0. The summed E-state index contributed by atoms with van der Waals surface area (Å²) in [5, 5.41) is 3.86. The van der Waals surface area contributed by atoms with Crippen molar-refractivity contribution >= 4 is 35.7 Å². The van der Waals surface area contributed by atoms with Crippen molar-refractivity contribution in [3.63, 3.8) is 0 Å². The number of aryl methyl sites for hydroxylation is 1. The molecule has 1 amide bonds. The van der Waals surface area contributed by atoms with E-state index in [2.05, 4.69) is 10.3 Å². The topological polar surface area (TPSA) is 82.3 Å². The predicted octanol–water partition coefficient (Wildman–Crippen LogP) is 2.76. The van der Waals surface area contributed by atoms with Crippen molar-refractivity contribution in [3.05, 3.63) is 68.1 Å². The molecule has 1 fully saturated rings. The van der Waals surface area contributed by atoms with Crippen molar-refractivity contribution in [1.82, 2.24) is 15.2 Å². The van der Waals surface area contributed by atoms with Crippen molar-refractivity contribution < 1.29 is 9.59 Å². The number of rotatable bonds is 2. The number of amides is 1. The number of carbonyl (C=O) groups excluding carboxylic acids is 2. The van der Waals surface area contributed by atoms with Crippen molar-refractivity contribution in [2.24, 2.45) is 0 Å². The molecule has 1 saturated heterocycles. The first-order valence-corrected chi connectivity index (χ1v) is 9.49. The minimum Gasteiger partial charge on any atom is -0.329 e. The molecule has 1 aromatic heterocycles. The molecule has 2 heterocycles. The fraction of sp³-hybridized carbons (Fsp3) is 0.350. The Labute approximate surface area is 173 Å². The van der Waals surface area contributed by atoms with Gasteiger partial charge in [-0.25, -0.2) is 0 Å². The zero-order chi connectivity index (χ0) is 19.0.